The molecule has 0 spiro atoms. The lowest BCUT2D eigenvalue weighted by atomic mass is 9.88. The van der Waals surface area contributed by atoms with Crippen LogP contribution in [0.5, 0.6) is 0 Å². The molecule has 1 aliphatic carbocycles. The Kier molecular flexibility index (Phi) is 1.55. The van der Waals surface area contributed by atoms with Crippen LogP contribution in [-0.4, -0.2) is 11.2 Å². The summed E-state index contributed by atoms with van der Waals surface area (Å²) in [5.41, 5.74) is 0.180. The lowest BCUT2D eigenvalue weighted by Gasteiger charge is -2.23. The van der Waals surface area contributed by atoms with Gasteiger partial charge in [-0.1, -0.05) is 20.8 Å². The number of aliphatic hydroxyl groups excluding tert-OH is 1. The van der Waals surface area contributed by atoms with Crippen LogP contribution in [0.3, 0.4) is 0 Å². The molecule has 0 aliphatic heterocycles. The summed E-state index contributed by atoms with van der Waals surface area (Å²) in [4.78, 5) is 0. The fourth-order valence-electron chi connectivity index (χ4n) is 1.68. The summed E-state index contributed by atoms with van der Waals surface area (Å²) in [5.74, 6) is 0.514. The number of aliphatic hydroxyl groups is 1. The van der Waals surface area contributed by atoms with Gasteiger partial charge in [0.2, 0.25) is 0 Å². The predicted octanol–water partition coefficient (Wildman–Crippen LogP) is 1.80. The van der Waals surface area contributed by atoms with Crippen molar-refractivity contribution < 1.29 is 5.11 Å². The van der Waals surface area contributed by atoms with Gasteiger partial charge in [0.05, 0.1) is 6.10 Å². The summed E-state index contributed by atoms with van der Waals surface area (Å²) in [6, 6.07) is 0. The van der Waals surface area contributed by atoms with Crippen LogP contribution in [0.2, 0.25) is 0 Å². The first-order valence-electron chi connectivity index (χ1n) is 3.72. The number of rotatable bonds is 0. The van der Waals surface area contributed by atoms with Crippen LogP contribution >= 0.6 is 0 Å². The van der Waals surface area contributed by atoms with Crippen molar-refractivity contribution in [1.29, 1.82) is 0 Å². The minimum Gasteiger partial charge on any atom is -0.392 e. The molecule has 1 N–H and O–H groups in total. The quantitative estimate of drug-likeness (QED) is 0.527. The molecule has 1 nitrogen and oxygen atoms in total. The molecule has 0 amide bonds. The summed E-state index contributed by atoms with van der Waals surface area (Å²) in [5, 5.41) is 9.53. The van der Waals surface area contributed by atoms with Crippen LogP contribution in [0.25, 0.3) is 0 Å². The molecule has 0 radical (unpaired) electrons. The highest BCUT2D eigenvalue weighted by molar-refractivity contribution is 4.88. The number of hydrogen-bond donors (Lipinski definition) is 1. The molecule has 0 heterocycles. The summed E-state index contributed by atoms with van der Waals surface area (Å²) >= 11 is 0. The molecular weight excluding hydrogens is 112 g/mol. The summed E-state index contributed by atoms with van der Waals surface area (Å²) in [6.07, 6.45) is 2.29. The van der Waals surface area contributed by atoms with Crippen molar-refractivity contribution in [3.63, 3.8) is 0 Å². The van der Waals surface area contributed by atoms with Gasteiger partial charge < -0.3 is 5.11 Å². The van der Waals surface area contributed by atoms with E-state index in [1.54, 1.807) is 0 Å². The van der Waals surface area contributed by atoms with Gasteiger partial charge in [-0.15, -0.1) is 0 Å². The lowest BCUT2D eigenvalue weighted by Crippen LogP contribution is -2.26. The zero-order valence-electron chi connectivity index (χ0n) is 6.52. The van der Waals surface area contributed by atoms with E-state index in [9.17, 15) is 5.11 Å². The topological polar surface area (TPSA) is 20.2 Å². The van der Waals surface area contributed by atoms with Crippen molar-refractivity contribution >= 4 is 0 Å². The standard InChI is InChI=1S/C8H16O/c1-6-4-5-8(2,3)7(6)9/h6-7,9H,4-5H2,1-3H3/t6-,7-/m0/s1. The second kappa shape index (κ2) is 1.98. The summed E-state index contributed by atoms with van der Waals surface area (Å²) in [6.45, 7) is 6.40. The van der Waals surface area contributed by atoms with E-state index in [1.807, 2.05) is 0 Å². The molecule has 0 aromatic heterocycles. The van der Waals surface area contributed by atoms with Crippen molar-refractivity contribution in [2.75, 3.05) is 0 Å². The second-order valence-electron chi connectivity index (χ2n) is 3.95. The van der Waals surface area contributed by atoms with Crippen LogP contribution in [0.1, 0.15) is 33.6 Å². The van der Waals surface area contributed by atoms with Gasteiger partial charge in [-0.05, 0) is 24.2 Å². The SMILES string of the molecule is C[C@H]1CCC(C)(C)[C@H]1O. The fourth-order valence-corrected chi connectivity index (χ4v) is 1.68. The van der Waals surface area contributed by atoms with Gasteiger partial charge in [-0.25, -0.2) is 0 Å². The highest BCUT2D eigenvalue weighted by atomic mass is 16.3. The molecule has 1 rings (SSSR count). The molecular formula is C8H16O. The third kappa shape index (κ3) is 1.11. The van der Waals surface area contributed by atoms with Crippen molar-refractivity contribution in [2.24, 2.45) is 11.3 Å². The summed E-state index contributed by atoms with van der Waals surface area (Å²) < 4.78 is 0. The van der Waals surface area contributed by atoms with E-state index < -0.39 is 0 Å². The first-order valence-corrected chi connectivity index (χ1v) is 3.72. The van der Waals surface area contributed by atoms with Crippen LogP contribution in [0.15, 0.2) is 0 Å². The van der Waals surface area contributed by atoms with Crippen molar-refractivity contribution in [1.82, 2.24) is 0 Å². The Bertz CT molecular complexity index is 107. The fraction of sp³-hybridized carbons (Fsp3) is 1.00. The minimum atomic E-state index is -0.0718. The van der Waals surface area contributed by atoms with E-state index in [-0.39, 0.29) is 11.5 Å². The highest BCUT2D eigenvalue weighted by Crippen LogP contribution is 2.40. The Labute approximate surface area is 57.1 Å². The smallest absolute Gasteiger partial charge is 0.0616 e. The van der Waals surface area contributed by atoms with Crippen molar-refractivity contribution in [3.05, 3.63) is 0 Å². The molecule has 0 unspecified atom stereocenters. The van der Waals surface area contributed by atoms with E-state index in [2.05, 4.69) is 20.8 Å². The van der Waals surface area contributed by atoms with E-state index in [0.29, 0.717) is 5.92 Å². The second-order valence-corrected chi connectivity index (χ2v) is 3.95. The Balaban J connectivity index is 2.62. The molecule has 1 heteroatoms. The molecule has 1 saturated carbocycles. The average Bonchev–Trinajstić information content (AvgIpc) is 1.97. The Morgan fingerprint density at radius 1 is 1.44 bits per heavy atom. The zero-order valence-corrected chi connectivity index (χ0v) is 6.52. The Morgan fingerprint density at radius 3 is 2.11 bits per heavy atom. The molecule has 0 saturated heterocycles. The summed E-state index contributed by atoms with van der Waals surface area (Å²) in [7, 11) is 0. The minimum absolute atomic E-state index is 0.0718. The third-order valence-corrected chi connectivity index (χ3v) is 2.58. The van der Waals surface area contributed by atoms with Gasteiger partial charge in [0.25, 0.3) is 0 Å². The van der Waals surface area contributed by atoms with Gasteiger partial charge in [-0.3, -0.25) is 0 Å². The molecule has 0 aromatic rings. The largest absolute Gasteiger partial charge is 0.392 e. The molecule has 0 aromatic carbocycles. The maximum atomic E-state index is 9.53. The van der Waals surface area contributed by atoms with Crippen molar-refractivity contribution in [2.45, 2.75) is 39.7 Å². The highest BCUT2D eigenvalue weighted by Gasteiger charge is 2.37. The van der Waals surface area contributed by atoms with Crippen LogP contribution in [-0.2, 0) is 0 Å². The van der Waals surface area contributed by atoms with Gasteiger partial charge in [-0.2, -0.15) is 0 Å². The zero-order chi connectivity index (χ0) is 7.07. The first kappa shape index (κ1) is 7.07. The van der Waals surface area contributed by atoms with Gasteiger partial charge in [0.1, 0.15) is 0 Å². The maximum absolute atomic E-state index is 9.53. The van der Waals surface area contributed by atoms with Gasteiger partial charge in [0.15, 0.2) is 0 Å². The third-order valence-electron chi connectivity index (χ3n) is 2.58. The molecule has 1 fully saturated rings. The monoisotopic (exact) mass is 128 g/mol. The van der Waals surface area contributed by atoms with Crippen LogP contribution < -0.4 is 0 Å². The number of hydrogen-bond acceptors (Lipinski definition) is 1. The predicted molar refractivity (Wildman–Crippen MR) is 38.2 cm³/mol. The first-order chi connectivity index (χ1) is 4.04. The Hall–Kier alpha value is -0.0400. The van der Waals surface area contributed by atoms with Crippen LogP contribution in [0.4, 0.5) is 0 Å². The lowest BCUT2D eigenvalue weighted by molar-refractivity contribution is 0.0516. The average molecular weight is 128 g/mol. The van der Waals surface area contributed by atoms with E-state index >= 15 is 0 Å². The van der Waals surface area contributed by atoms with Crippen LogP contribution in [0, 0.1) is 11.3 Å². The molecule has 54 valence electrons. The van der Waals surface area contributed by atoms with E-state index in [4.69, 9.17) is 0 Å². The Morgan fingerprint density at radius 2 is 2.00 bits per heavy atom. The normalized spacial score (nSPS) is 41.3. The molecule has 0 bridgehead atoms. The molecule has 2 atom stereocenters. The van der Waals surface area contributed by atoms with Gasteiger partial charge in [0, 0.05) is 0 Å². The van der Waals surface area contributed by atoms with E-state index in [1.165, 1.54) is 12.8 Å². The van der Waals surface area contributed by atoms with E-state index in [0.717, 1.165) is 0 Å². The maximum Gasteiger partial charge on any atom is 0.0616 e. The molecule has 9 heavy (non-hydrogen) atoms. The van der Waals surface area contributed by atoms with Gasteiger partial charge >= 0.3 is 0 Å². The van der Waals surface area contributed by atoms with Crippen molar-refractivity contribution in [3.8, 4) is 0 Å². The molecule has 1 aliphatic rings.